The fourth-order valence-corrected chi connectivity index (χ4v) is 6.83. The number of rotatable bonds is 8. The number of hydrogen-bond acceptors (Lipinski definition) is 2. The van der Waals surface area contributed by atoms with Crippen LogP contribution in [0.25, 0.3) is 88.3 Å². The molecule has 0 saturated carbocycles. The topological polar surface area (TPSA) is 16.4 Å². The van der Waals surface area contributed by atoms with Crippen LogP contribution in [0.15, 0.2) is 240 Å². The summed E-state index contributed by atoms with van der Waals surface area (Å²) >= 11 is 0. The summed E-state index contributed by atoms with van der Waals surface area (Å²) in [6.07, 6.45) is 0. The van der Waals surface area contributed by atoms with Crippen molar-refractivity contribution in [3.8, 4) is 55.6 Å². The second-order valence-electron chi connectivity index (χ2n) is 12.9. The predicted octanol–water partition coefficient (Wildman–Crippen LogP) is 16.5. The van der Waals surface area contributed by atoms with E-state index < -0.39 is 249 Å². The van der Waals surface area contributed by atoms with E-state index in [-0.39, 0.29) is 44.0 Å². The van der Waals surface area contributed by atoms with Crippen LogP contribution in [0.1, 0.15) is 42.5 Å². The van der Waals surface area contributed by atoms with Gasteiger partial charge in [0.2, 0.25) is 0 Å². The highest BCUT2D eigenvalue weighted by Gasteiger charge is 2.23. The van der Waals surface area contributed by atoms with Crippen LogP contribution in [-0.2, 0) is 0 Å². The van der Waals surface area contributed by atoms with Crippen molar-refractivity contribution in [2.24, 2.45) is 0 Å². The third-order valence-electron chi connectivity index (χ3n) is 9.47. The van der Waals surface area contributed by atoms with Gasteiger partial charge in [0.15, 0.2) is 0 Å². The van der Waals surface area contributed by atoms with Crippen molar-refractivity contribution in [3.05, 3.63) is 236 Å². The van der Waals surface area contributed by atoms with Crippen LogP contribution < -0.4 is 4.90 Å². The first kappa shape index (κ1) is 15.7. The molecule has 282 valence electrons. The van der Waals surface area contributed by atoms with E-state index in [1.807, 2.05) is 0 Å². The van der Waals surface area contributed by atoms with Crippen molar-refractivity contribution in [2.45, 2.75) is 0 Å². The van der Waals surface area contributed by atoms with Gasteiger partial charge in [0.05, 0.1) is 53.9 Å². The Morgan fingerprint density at radius 2 is 0.817 bits per heavy atom. The van der Waals surface area contributed by atoms with Crippen LogP contribution in [-0.4, -0.2) is 0 Å². The fraction of sp³-hybridized carbons (Fsp3) is 0. The molecule has 0 saturated heterocycles. The second-order valence-corrected chi connectivity index (χ2v) is 12.9. The van der Waals surface area contributed by atoms with Crippen molar-refractivity contribution >= 4 is 49.8 Å². The van der Waals surface area contributed by atoms with Gasteiger partial charge in [-0.3, -0.25) is 0 Å². The zero-order valence-electron chi connectivity index (χ0n) is 61.5. The highest BCUT2D eigenvalue weighted by atomic mass is 16.3. The molecule has 0 radical (unpaired) electrons. The summed E-state index contributed by atoms with van der Waals surface area (Å²) in [5.41, 5.74) is -8.59. The summed E-state index contributed by atoms with van der Waals surface area (Å²) in [6, 6.07) is -17.3. The zero-order chi connectivity index (χ0) is 66.8. The van der Waals surface area contributed by atoms with Gasteiger partial charge < -0.3 is 9.32 Å². The van der Waals surface area contributed by atoms with Crippen molar-refractivity contribution in [1.82, 2.24) is 0 Å². The maximum atomic E-state index is 9.83. The zero-order valence-corrected chi connectivity index (χ0v) is 30.5. The number of nitrogens with zero attached hydrogens (tertiary/aromatic N) is 1. The Bertz CT molecular complexity index is 4980. The molecule has 0 N–H and O–H groups in total. The van der Waals surface area contributed by atoms with Crippen molar-refractivity contribution in [1.29, 1.82) is 0 Å². The van der Waals surface area contributed by atoms with Crippen molar-refractivity contribution < 1.29 is 46.9 Å². The van der Waals surface area contributed by atoms with Crippen molar-refractivity contribution in [2.75, 3.05) is 4.90 Å². The smallest absolute Gasteiger partial charge is 0.143 e. The van der Waals surface area contributed by atoms with E-state index in [2.05, 4.69) is 0 Å². The minimum atomic E-state index is -1.07. The molecule has 0 aliphatic carbocycles. The Labute approximate surface area is 393 Å². The third-order valence-corrected chi connectivity index (χ3v) is 9.47. The SMILES string of the molecule is [2H]c1c([2H])c([2H])c(-c2c([2H])c([2H])c(-c3c([2H])c([2H])c(-c4cccc5oc6c7ccccc7c(N(c7c([2H])c([2H])c(-c8c([2H])c([2H])c([2H])c([2H])c8[2H])c([2H])c7[2H])c7c([2H])c([2H])c([2H])c([2H])c7-c7c([2H])c([2H])c([2H])c([2H])c7[2H])cc6c45)c([2H])c3[2H])c([2H])c2[2H])c([2H])c1[2H]. The van der Waals surface area contributed by atoms with Crippen LogP contribution in [0.5, 0.6) is 0 Å². The Hall–Kier alpha value is -7.94. The van der Waals surface area contributed by atoms with Crippen LogP contribution in [0.4, 0.5) is 17.1 Å². The number of hydrogen-bond donors (Lipinski definition) is 0. The minimum absolute atomic E-state index is 0.00775. The van der Waals surface area contributed by atoms with E-state index in [1.54, 1.807) is 6.07 Å². The molecule has 0 fully saturated rings. The first-order chi connectivity index (χ1) is 42.7. The monoisotopic (exact) mass is 796 g/mol. The van der Waals surface area contributed by atoms with Gasteiger partial charge >= 0.3 is 0 Å². The molecule has 0 aliphatic heterocycles. The highest BCUT2D eigenvalue weighted by Crippen LogP contribution is 2.48. The Balaban J connectivity index is 1.26. The van der Waals surface area contributed by atoms with Gasteiger partial charge in [0.1, 0.15) is 11.2 Å². The molecular weight excluding hydrogens is 727 g/mol. The van der Waals surface area contributed by atoms with E-state index in [0.717, 1.165) is 4.90 Å². The molecule has 1 aromatic heterocycles. The van der Waals surface area contributed by atoms with E-state index >= 15 is 0 Å². The van der Waals surface area contributed by atoms with Gasteiger partial charge in [-0.2, -0.15) is 0 Å². The first-order valence-corrected chi connectivity index (χ1v) is 18.0. The lowest BCUT2D eigenvalue weighted by molar-refractivity contribution is 0.673. The lowest BCUT2D eigenvalue weighted by Gasteiger charge is -2.29. The van der Waals surface area contributed by atoms with Crippen molar-refractivity contribution in [3.63, 3.8) is 0 Å². The molecule has 2 nitrogen and oxygen atoms in total. The maximum Gasteiger partial charge on any atom is 0.143 e. The summed E-state index contributed by atoms with van der Waals surface area (Å²) in [6.45, 7) is 0. The Kier molecular flexibility index (Phi) is 3.94. The van der Waals surface area contributed by atoms with Gasteiger partial charge in [-0.05, 0) is 80.3 Å². The molecule has 0 spiro atoms. The van der Waals surface area contributed by atoms with Gasteiger partial charge in [-0.25, -0.2) is 0 Å². The predicted molar refractivity (Wildman–Crippen MR) is 253 cm³/mol. The molecule has 0 aliphatic rings. The maximum absolute atomic E-state index is 9.83. The summed E-state index contributed by atoms with van der Waals surface area (Å²) < 4.78 is 285. The lowest BCUT2D eigenvalue weighted by Crippen LogP contribution is -2.12. The minimum Gasteiger partial charge on any atom is -0.455 e. The summed E-state index contributed by atoms with van der Waals surface area (Å²) in [5.74, 6) is 0. The normalized spacial score (nSPS) is 18.6. The number of furan rings is 1. The molecule has 0 bridgehead atoms. The van der Waals surface area contributed by atoms with Crippen LogP contribution in [0, 0.1) is 0 Å². The van der Waals surface area contributed by atoms with Gasteiger partial charge in [0, 0.05) is 32.8 Å². The van der Waals surface area contributed by atoms with E-state index in [9.17, 15) is 13.7 Å². The van der Waals surface area contributed by atoms with Crippen LogP contribution in [0.2, 0.25) is 0 Å². The molecule has 0 amide bonds. The molecule has 2 heteroatoms. The molecule has 1 heterocycles. The number of anilines is 3. The van der Waals surface area contributed by atoms with Gasteiger partial charge in [-0.15, -0.1) is 0 Å². The van der Waals surface area contributed by atoms with Gasteiger partial charge in [-0.1, -0.05) is 206 Å². The number of para-hydroxylation sites is 1. The van der Waals surface area contributed by atoms with Crippen LogP contribution in [0.3, 0.4) is 0 Å². The molecule has 0 atom stereocenters. The molecule has 60 heavy (non-hydrogen) atoms. The largest absolute Gasteiger partial charge is 0.455 e. The average Bonchev–Trinajstić information content (AvgIpc) is 1.70. The molecule has 11 rings (SSSR count). The van der Waals surface area contributed by atoms with E-state index in [0.29, 0.717) is 0 Å². The molecule has 10 aromatic carbocycles. The highest BCUT2D eigenvalue weighted by molar-refractivity contribution is 6.22. The summed E-state index contributed by atoms with van der Waals surface area (Å²) in [5, 5.41) is 0.128. The van der Waals surface area contributed by atoms with E-state index in [1.165, 1.54) is 42.5 Å². The molecular formula is C58H39NO. The first-order valence-electron chi connectivity index (χ1n) is 33.5. The lowest BCUT2D eigenvalue weighted by atomic mass is 9.95. The summed E-state index contributed by atoms with van der Waals surface area (Å²) in [7, 11) is 0. The quantitative estimate of drug-likeness (QED) is 0.152. The molecule has 0 unspecified atom stereocenters. The van der Waals surface area contributed by atoms with Crippen LogP contribution >= 0.6 is 0 Å². The third kappa shape index (κ3) is 6.32. The number of fused-ring (bicyclic) bond motifs is 5. The summed E-state index contributed by atoms with van der Waals surface area (Å²) in [4.78, 5) is 0.842. The Morgan fingerprint density at radius 3 is 1.42 bits per heavy atom. The van der Waals surface area contributed by atoms with Gasteiger partial charge in [0.25, 0.3) is 0 Å². The average molecular weight is 797 g/mol. The second kappa shape index (κ2) is 15.1. The van der Waals surface area contributed by atoms with E-state index in [4.69, 9.17) is 33.2 Å². The standard InChI is InChI=1S/C58H39NO/c1-4-15-40(16-5-1)42-27-29-43(30-28-42)44-31-33-47(34-32-44)50-24-14-26-56-57(50)53-39-55(51-22-10-11-23-52(51)58(53)60-56)59(48-37-35-45(36-38-48)41-17-6-2-7-18-41)54-25-13-12-21-49(54)46-19-8-3-9-20-46/h1-39H/i1D,2D,3D,4D,5D,6D,7D,8D,9D,12D,13D,15D,16D,17D,18D,19D,20D,21D,25D,27D,28D,29D,30D,31D,32D,33D,34D,35D,36D,37D,38D. The Morgan fingerprint density at radius 1 is 0.350 bits per heavy atom. The molecule has 11 aromatic rings. The fourth-order valence-electron chi connectivity index (χ4n) is 6.83. The number of benzene rings is 10.